The third-order valence-corrected chi connectivity index (χ3v) is 7.04. The standard InChI is InChI=1S/C15H18N2O4S2/c1-10-4-3-5-11(6-10)17-12-8-23(19,20)9-13(12)22-15(17)16-14(18)7-21-2/h3-6,12-13H,7-9H2,1-2H3. The zero-order chi connectivity index (χ0) is 16.6. The largest absolute Gasteiger partial charge is 0.375 e. The van der Waals surface area contributed by atoms with Gasteiger partial charge in [0.2, 0.25) is 0 Å². The summed E-state index contributed by atoms with van der Waals surface area (Å²) >= 11 is 1.37. The van der Waals surface area contributed by atoms with Crippen molar-refractivity contribution in [3.05, 3.63) is 29.8 Å². The summed E-state index contributed by atoms with van der Waals surface area (Å²) in [4.78, 5) is 17.8. The van der Waals surface area contributed by atoms with Crippen LogP contribution in [0.15, 0.2) is 29.3 Å². The van der Waals surface area contributed by atoms with E-state index < -0.39 is 9.84 Å². The first-order valence-electron chi connectivity index (χ1n) is 7.23. The van der Waals surface area contributed by atoms with E-state index >= 15 is 0 Å². The summed E-state index contributed by atoms with van der Waals surface area (Å²) in [6, 6.07) is 7.60. The van der Waals surface area contributed by atoms with E-state index in [0.717, 1.165) is 11.3 Å². The minimum Gasteiger partial charge on any atom is -0.375 e. The summed E-state index contributed by atoms with van der Waals surface area (Å²) in [6.45, 7) is 1.89. The van der Waals surface area contributed by atoms with Gasteiger partial charge in [-0.3, -0.25) is 4.79 Å². The van der Waals surface area contributed by atoms with Gasteiger partial charge >= 0.3 is 0 Å². The van der Waals surface area contributed by atoms with Crippen molar-refractivity contribution in [3.63, 3.8) is 0 Å². The predicted octanol–water partition coefficient (Wildman–Crippen LogP) is 1.24. The van der Waals surface area contributed by atoms with Crippen LogP contribution in [0.4, 0.5) is 5.69 Å². The molecule has 124 valence electrons. The molecule has 1 amide bonds. The van der Waals surface area contributed by atoms with Crippen molar-refractivity contribution in [2.24, 2.45) is 4.99 Å². The number of aliphatic imine (C=N–C) groups is 1. The van der Waals surface area contributed by atoms with Crippen molar-refractivity contribution in [2.75, 3.05) is 30.1 Å². The average Bonchev–Trinajstić information content (AvgIpc) is 2.89. The molecule has 2 heterocycles. The number of methoxy groups -OCH3 is 1. The summed E-state index contributed by atoms with van der Waals surface area (Å²) in [5.41, 5.74) is 1.94. The number of thioether (sulfide) groups is 1. The van der Waals surface area contributed by atoms with Gasteiger partial charge in [0.25, 0.3) is 5.91 Å². The molecule has 23 heavy (non-hydrogen) atoms. The molecule has 8 heteroatoms. The number of benzene rings is 1. The molecule has 0 radical (unpaired) electrons. The third-order valence-electron chi connectivity index (χ3n) is 3.83. The number of hydrogen-bond donors (Lipinski definition) is 0. The number of rotatable bonds is 3. The lowest BCUT2D eigenvalue weighted by Crippen LogP contribution is -2.37. The number of carbonyl (C=O) groups is 1. The van der Waals surface area contributed by atoms with Crippen LogP contribution in [0, 0.1) is 6.92 Å². The van der Waals surface area contributed by atoms with E-state index in [4.69, 9.17) is 4.74 Å². The molecule has 0 saturated carbocycles. The second-order valence-corrected chi connectivity index (χ2v) is 9.09. The van der Waals surface area contributed by atoms with E-state index in [1.165, 1.54) is 18.9 Å². The SMILES string of the molecule is COCC(=O)N=C1SC2CS(=O)(=O)CC2N1c1cccc(C)c1. The van der Waals surface area contributed by atoms with Gasteiger partial charge in [-0.05, 0) is 24.6 Å². The molecule has 3 rings (SSSR count). The fraction of sp³-hybridized carbons (Fsp3) is 0.467. The smallest absolute Gasteiger partial charge is 0.274 e. The molecular formula is C15H18N2O4S2. The lowest BCUT2D eigenvalue weighted by Gasteiger charge is -2.24. The van der Waals surface area contributed by atoms with Crippen LogP contribution in [0.1, 0.15) is 5.56 Å². The molecule has 6 nitrogen and oxygen atoms in total. The maximum atomic E-state index is 12.0. The second-order valence-electron chi connectivity index (χ2n) is 5.73. The lowest BCUT2D eigenvalue weighted by atomic mass is 10.1. The van der Waals surface area contributed by atoms with Gasteiger partial charge < -0.3 is 9.64 Å². The first-order valence-corrected chi connectivity index (χ1v) is 9.93. The Labute approximate surface area is 139 Å². The molecule has 2 unspecified atom stereocenters. The molecule has 2 aliphatic heterocycles. The molecule has 2 atom stereocenters. The Morgan fingerprint density at radius 3 is 2.91 bits per heavy atom. The van der Waals surface area contributed by atoms with E-state index in [9.17, 15) is 13.2 Å². The maximum Gasteiger partial charge on any atom is 0.274 e. The van der Waals surface area contributed by atoms with Crippen molar-refractivity contribution in [1.82, 2.24) is 0 Å². The Kier molecular flexibility index (Phi) is 4.48. The molecule has 2 fully saturated rings. The molecule has 0 N–H and O–H groups in total. The fourth-order valence-corrected chi connectivity index (χ4v) is 6.84. The minimum atomic E-state index is -3.05. The van der Waals surface area contributed by atoms with Gasteiger partial charge in [-0.15, -0.1) is 0 Å². The number of hydrogen-bond acceptors (Lipinski definition) is 5. The number of amidine groups is 1. The number of aryl methyl sites for hydroxylation is 1. The van der Waals surface area contributed by atoms with Gasteiger partial charge in [0.15, 0.2) is 15.0 Å². The summed E-state index contributed by atoms with van der Waals surface area (Å²) in [5, 5.41) is 0.470. The van der Waals surface area contributed by atoms with Crippen molar-refractivity contribution < 1.29 is 17.9 Å². The molecule has 1 aromatic carbocycles. The Bertz CT molecular complexity index is 760. The molecular weight excluding hydrogens is 336 g/mol. The minimum absolute atomic E-state index is 0.0840. The molecule has 0 bridgehead atoms. The summed E-state index contributed by atoms with van der Waals surface area (Å²) in [6.07, 6.45) is 0. The van der Waals surface area contributed by atoms with Crippen molar-refractivity contribution >= 4 is 38.4 Å². The van der Waals surface area contributed by atoms with Gasteiger partial charge in [0.1, 0.15) is 6.61 Å². The van der Waals surface area contributed by atoms with Gasteiger partial charge in [0.05, 0.1) is 17.5 Å². The number of amides is 1. The van der Waals surface area contributed by atoms with Crippen molar-refractivity contribution in [3.8, 4) is 0 Å². The zero-order valence-corrected chi connectivity index (χ0v) is 14.6. The summed E-state index contributed by atoms with van der Waals surface area (Å²) in [5.74, 6) is -0.145. The van der Waals surface area contributed by atoms with Gasteiger partial charge in [-0.1, -0.05) is 23.9 Å². The lowest BCUT2D eigenvalue weighted by molar-refractivity contribution is -0.121. The first-order chi connectivity index (χ1) is 10.9. The fourth-order valence-electron chi connectivity index (χ4n) is 2.91. The van der Waals surface area contributed by atoms with Crippen LogP contribution >= 0.6 is 11.8 Å². The molecule has 2 saturated heterocycles. The monoisotopic (exact) mass is 354 g/mol. The van der Waals surface area contributed by atoms with Crippen LogP contribution in [0.3, 0.4) is 0 Å². The van der Waals surface area contributed by atoms with Crippen LogP contribution in [0.25, 0.3) is 0 Å². The zero-order valence-electron chi connectivity index (χ0n) is 12.9. The number of sulfone groups is 1. The topological polar surface area (TPSA) is 76.0 Å². The van der Waals surface area contributed by atoms with Crippen molar-refractivity contribution in [2.45, 2.75) is 18.2 Å². The number of fused-ring (bicyclic) bond motifs is 1. The van der Waals surface area contributed by atoms with E-state index in [1.54, 1.807) is 0 Å². The van der Waals surface area contributed by atoms with Crippen LogP contribution in [0.2, 0.25) is 0 Å². The maximum absolute atomic E-state index is 12.0. The first kappa shape index (κ1) is 16.5. The molecule has 2 aliphatic rings. The normalized spacial score (nSPS) is 27.4. The highest BCUT2D eigenvalue weighted by molar-refractivity contribution is 8.16. The van der Waals surface area contributed by atoms with Crippen LogP contribution in [-0.2, 0) is 19.4 Å². The number of anilines is 1. The molecule has 0 aliphatic carbocycles. The highest BCUT2D eigenvalue weighted by Gasteiger charge is 2.49. The van der Waals surface area contributed by atoms with E-state index in [2.05, 4.69) is 4.99 Å². The summed E-state index contributed by atoms with van der Waals surface area (Å²) < 4.78 is 28.7. The van der Waals surface area contributed by atoms with Crippen LogP contribution < -0.4 is 4.90 Å². The van der Waals surface area contributed by atoms with E-state index in [1.807, 2.05) is 36.1 Å². The number of nitrogens with zero attached hydrogens (tertiary/aromatic N) is 2. The second kappa shape index (κ2) is 6.26. The van der Waals surface area contributed by atoms with Gasteiger partial charge in [-0.25, -0.2) is 8.42 Å². The van der Waals surface area contributed by atoms with Gasteiger partial charge in [-0.2, -0.15) is 4.99 Å². The Hall–Kier alpha value is -1.38. The number of carbonyl (C=O) groups excluding carboxylic acids is 1. The molecule has 1 aromatic rings. The number of ether oxygens (including phenoxy) is 1. The predicted molar refractivity (Wildman–Crippen MR) is 91.8 cm³/mol. The van der Waals surface area contributed by atoms with Gasteiger partial charge in [0, 0.05) is 18.0 Å². The molecule has 0 spiro atoms. The molecule has 0 aromatic heterocycles. The quantitative estimate of drug-likeness (QED) is 0.813. The Balaban J connectivity index is 1.99. The Morgan fingerprint density at radius 2 is 2.22 bits per heavy atom. The summed E-state index contributed by atoms with van der Waals surface area (Å²) in [7, 11) is -1.60. The highest BCUT2D eigenvalue weighted by Crippen LogP contribution is 2.41. The van der Waals surface area contributed by atoms with Crippen LogP contribution in [0.5, 0.6) is 0 Å². The van der Waals surface area contributed by atoms with Crippen molar-refractivity contribution in [1.29, 1.82) is 0 Å². The highest BCUT2D eigenvalue weighted by atomic mass is 32.2. The average molecular weight is 354 g/mol. The third kappa shape index (κ3) is 3.44. The Morgan fingerprint density at radius 1 is 1.43 bits per heavy atom. The van der Waals surface area contributed by atoms with E-state index in [0.29, 0.717) is 5.17 Å². The van der Waals surface area contributed by atoms with E-state index in [-0.39, 0.29) is 35.3 Å². The van der Waals surface area contributed by atoms with Crippen LogP contribution in [-0.4, -0.2) is 56.0 Å².